The molecule has 0 unspecified atom stereocenters. The highest BCUT2D eigenvalue weighted by molar-refractivity contribution is 7.09. The van der Waals surface area contributed by atoms with E-state index in [1.807, 2.05) is 17.6 Å². The standard InChI is InChI=1S/C11H10Cl2N2S/c12-8-1-2-9(13)10(7-8)14-4-3-11-15-5-6-16-11/h1-2,5-7,14H,3-4H2. The molecule has 84 valence electrons. The topological polar surface area (TPSA) is 24.9 Å². The second kappa shape index (κ2) is 5.53. The zero-order valence-corrected chi connectivity index (χ0v) is 10.7. The fraction of sp³-hybridized carbons (Fsp3) is 0.182. The van der Waals surface area contributed by atoms with E-state index in [1.54, 1.807) is 23.5 Å². The summed E-state index contributed by atoms with van der Waals surface area (Å²) >= 11 is 13.6. The van der Waals surface area contributed by atoms with Crippen molar-refractivity contribution < 1.29 is 0 Å². The van der Waals surface area contributed by atoms with Gasteiger partial charge < -0.3 is 5.32 Å². The van der Waals surface area contributed by atoms with Crippen molar-refractivity contribution in [1.29, 1.82) is 0 Å². The Hall–Kier alpha value is -0.770. The van der Waals surface area contributed by atoms with Gasteiger partial charge in [0.2, 0.25) is 0 Å². The molecule has 0 spiro atoms. The first-order chi connectivity index (χ1) is 7.75. The Bertz CT molecular complexity index is 457. The molecule has 0 amide bonds. The number of thiazole rings is 1. The number of nitrogens with one attached hydrogen (secondary N) is 1. The summed E-state index contributed by atoms with van der Waals surface area (Å²) in [6.45, 7) is 0.799. The molecule has 5 heteroatoms. The van der Waals surface area contributed by atoms with Crippen LogP contribution in [-0.2, 0) is 6.42 Å². The third-order valence-corrected chi connectivity index (χ3v) is 3.47. The number of rotatable bonds is 4. The summed E-state index contributed by atoms with van der Waals surface area (Å²) in [5, 5.41) is 7.70. The van der Waals surface area contributed by atoms with Crippen LogP contribution in [0.2, 0.25) is 10.0 Å². The normalized spacial score (nSPS) is 10.4. The van der Waals surface area contributed by atoms with Crippen LogP contribution in [0.15, 0.2) is 29.8 Å². The van der Waals surface area contributed by atoms with Gasteiger partial charge in [-0.2, -0.15) is 0 Å². The first-order valence-corrected chi connectivity index (χ1v) is 6.46. The molecule has 1 N–H and O–H groups in total. The van der Waals surface area contributed by atoms with Gasteiger partial charge in [0.1, 0.15) is 0 Å². The van der Waals surface area contributed by atoms with Gasteiger partial charge in [-0.3, -0.25) is 0 Å². The van der Waals surface area contributed by atoms with Crippen LogP contribution in [0, 0.1) is 0 Å². The number of hydrogen-bond donors (Lipinski definition) is 1. The Morgan fingerprint density at radius 2 is 2.19 bits per heavy atom. The van der Waals surface area contributed by atoms with E-state index in [4.69, 9.17) is 23.2 Å². The summed E-state index contributed by atoms with van der Waals surface area (Å²) in [4.78, 5) is 4.21. The summed E-state index contributed by atoms with van der Waals surface area (Å²) in [5.41, 5.74) is 0.866. The Morgan fingerprint density at radius 1 is 1.31 bits per heavy atom. The second-order valence-corrected chi connectivity index (χ2v) is 5.05. The number of benzene rings is 1. The average Bonchev–Trinajstić information content (AvgIpc) is 2.76. The minimum absolute atomic E-state index is 0.682. The van der Waals surface area contributed by atoms with E-state index in [-0.39, 0.29) is 0 Å². The highest BCUT2D eigenvalue weighted by Crippen LogP contribution is 2.25. The number of hydrogen-bond acceptors (Lipinski definition) is 3. The minimum atomic E-state index is 0.682. The largest absolute Gasteiger partial charge is 0.383 e. The Balaban J connectivity index is 1.92. The van der Waals surface area contributed by atoms with Crippen molar-refractivity contribution >= 4 is 40.2 Å². The summed E-state index contributed by atoms with van der Waals surface area (Å²) < 4.78 is 0. The lowest BCUT2D eigenvalue weighted by Gasteiger charge is -2.07. The quantitative estimate of drug-likeness (QED) is 0.907. The van der Waals surface area contributed by atoms with Crippen molar-refractivity contribution in [2.75, 3.05) is 11.9 Å². The number of aromatic nitrogens is 1. The SMILES string of the molecule is Clc1ccc(Cl)c(NCCc2nccs2)c1. The highest BCUT2D eigenvalue weighted by Gasteiger charge is 2.01. The average molecular weight is 273 g/mol. The molecule has 2 aromatic rings. The van der Waals surface area contributed by atoms with Crippen molar-refractivity contribution in [2.45, 2.75) is 6.42 Å². The van der Waals surface area contributed by atoms with Gasteiger partial charge in [0.05, 0.1) is 15.7 Å². The summed E-state index contributed by atoms with van der Waals surface area (Å²) in [6.07, 6.45) is 2.70. The lowest BCUT2D eigenvalue weighted by molar-refractivity contribution is 0.998. The van der Waals surface area contributed by atoms with Gasteiger partial charge in [0.15, 0.2) is 0 Å². The molecule has 0 atom stereocenters. The molecule has 0 saturated heterocycles. The molecule has 0 aliphatic carbocycles. The Morgan fingerprint density at radius 3 is 2.94 bits per heavy atom. The van der Waals surface area contributed by atoms with Crippen LogP contribution in [0.4, 0.5) is 5.69 Å². The molecular weight excluding hydrogens is 263 g/mol. The first kappa shape index (κ1) is 11.7. The van der Waals surface area contributed by atoms with Gasteiger partial charge in [-0.15, -0.1) is 11.3 Å². The van der Waals surface area contributed by atoms with Crippen LogP contribution < -0.4 is 5.32 Å². The molecule has 1 heterocycles. The second-order valence-electron chi connectivity index (χ2n) is 3.23. The van der Waals surface area contributed by atoms with E-state index in [1.165, 1.54) is 0 Å². The van der Waals surface area contributed by atoms with Crippen LogP contribution in [0.25, 0.3) is 0 Å². The predicted molar refractivity (Wildman–Crippen MR) is 70.8 cm³/mol. The summed E-state index contributed by atoms with van der Waals surface area (Å²) in [7, 11) is 0. The van der Waals surface area contributed by atoms with Crippen molar-refractivity contribution in [1.82, 2.24) is 4.98 Å². The summed E-state index contributed by atoms with van der Waals surface area (Å²) in [5.74, 6) is 0. The third kappa shape index (κ3) is 3.11. The fourth-order valence-electron chi connectivity index (χ4n) is 1.31. The van der Waals surface area contributed by atoms with Gasteiger partial charge in [0, 0.05) is 29.6 Å². The molecular formula is C11H10Cl2N2S. The molecule has 0 radical (unpaired) electrons. The highest BCUT2D eigenvalue weighted by atomic mass is 35.5. The van der Waals surface area contributed by atoms with Crippen LogP contribution in [0.1, 0.15) is 5.01 Å². The van der Waals surface area contributed by atoms with Crippen molar-refractivity contribution in [3.63, 3.8) is 0 Å². The zero-order chi connectivity index (χ0) is 11.4. The number of anilines is 1. The van der Waals surface area contributed by atoms with E-state index in [0.29, 0.717) is 10.0 Å². The van der Waals surface area contributed by atoms with E-state index >= 15 is 0 Å². The van der Waals surface area contributed by atoms with Crippen LogP contribution >= 0.6 is 34.5 Å². The number of nitrogens with zero attached hydrogens (tertiary/aromatic N) is 1. The van der Waals surface area contributed by atoms with Gasteiger partial charge >= 0.3 is 0 Å². The maximum atomic E-state index is 6.02. The molecule has 1 aromatic heterocycles. The van der Waals surface area contributed by atoms with Crippen molar-refractivity contribution in [3.05, 3.63) is 44.8 Å². The van der Waals surface area contributed by atoms with E-state index in [0.717, 1.165) is 23.7 Å². The fourth-order valence-corrected chi connectivity index (χ4v) is 2.29. The molecule has 0 aliphatic heterocycles. The van der Waals surface area contributed by atoms with Crippen molar-refractivity contribution in [2.24, 2.45) is 0 Å². The van der Waals surface area contributed by atoms with Crippen LogP contribution in [0.5, 0.6) is 0 Å². The predicted octanol–water partition coefficient (Wildman–Crippen LogP) is 4.10. The molecule has 16 heavy (non-hydrogen) atoms. The molecule has 0 fully saturated rings. The van der Waals surface area contributed by atoms with Gasteiger partial charge in [-0.05, 0) is 18.2 Å². The maximum absolute atomic E-state index is 6.02. The third-order valence-electron chi connectivity index (χ3n) is 2.07. The molecule has 2 rings (SSSR count). The molecule has 0 aliphatic rings. The Kier molecular flexibility index (Phi) is 4.04. The van der Waals surface area contributed by atoms with Gasteiger partial charge in [-0.25, -0.2) is 4.98 Å². The lowest BCUT2D eigenvalue weighted by atomic mass is 10.3. The van der Waals surface area contributed by atoms with E-state index in [2.05, 4.69) is 10.3 Å². The molecule has 0 bridgehead atoms. The molecule has 2 nitrogen and oxygen atoms in total. The van der Waals surface area contributed by atoms with Gasteiger partial charge in [0.25, 0.3) is 0 Å². The molecule has 0 saturated carbocycles. The van der Waals surface area contributed by atoms with E-state index < -0.39 is 0 Å². The maximum Gasteiger partial charge on any atom is 0.0942 e. The first-order valence-electron chi connectivity index (χ1n) is 4.83. The smallest absolute Gasteiger partial charge is 0.0942 e. The summed E-state index contributed by atoms with van der Waals surface area (Å²) in [6, 6.07) is 5.39. The van der Waals surface area contributed by atoms with Crippen LogP contribution in [-0.4, -0.2) is 11.5 Å². The van der Waals surface area contributed by atoms with Gasteiger partial charge in [-0.1, -0.05) is 23.2 Å². The van der Waals surface area contributed by atoms with Crippen molar-refractivity contribution in [3.8, 4) is 0 Å². The zero-order valence-electron chi connectivity index (χ0n) is 8.41. The molecule has 1 aromatic carbocycles. The number of halogens is 2. The van der Waals surface area contributed by atoms with E-state index in [9.17, 15) is 0 Å². The monoisotopic (exact) mass is 272 g/mol. The van der Waals surface area contributed by atoms with Crippen LogP contribution in [0.3, 0.4) is 0 Å². The lowest BCUT2D eigenvalue weighted by Crippen LogP contribution is -2.04. The Labute approximate surface area is 108 Å². The minimum Gasteiger partial charge on any atom is -0.383 e.